The van der Waals surface area contributed by atoms with Crippen LogP contribution in [-0.2, 0) is 0 Å². The summed E-state index contributed by atoms with van der Waals surface area (Å²) in [6.07, 6.45) is 0. The molecule has 0 fully saturated rings. The average Bonchev–Trinajstić information content (AvgIpc) is 2.81. The topological polar surface area (TPSA) is 50.4 Å². The standard InChI is InChI=1S/C15H13Cl2N3/c16-11-7-3-1-5-9(11)13-14(20-15(18)19-13)10-6-2-4-8-12(10)17/h1-8,13-14H,(H3,18,19,20)/t13-,14-/m1/s1. The molecule has 2 aromatic rings. The molecule has 3 rings (SSSR count). The van der Waals surface area contributed by atoms with Gasteiger partial charge in [-0.25, -0.2) is 4.99 Å². The Morgan fingerprint density at radius 2 is 1.45 bits per heavy atom. The predicted molar refractivity (Wildman–Crippen MR) is 83.1 cm³/mol. The van der Waals surface area contributed by atoms with Gasteiger partial charge >= 0.3 is 0 Å². The molecule has 0 amide bonds. The van der Waals surface area contributed by atoms with Crippen molar-refractivity contribution in [3.05, 3.63) is 69.7 Å². The summed E-state index contributed by atoms with van der Waals surface area (Å²) < 4.78 is 0. The summed E-state index contributed by atoms with van der Waals surface area (Å²) in [5.74, 6) is 0.403. The first kappa shape index (κ1) is 13.3. The van der Waals surface area contributed by atoms with Crippen molar-refractivity contribution in [2.24, 2.45) is 10.7 Å². The minimum atomic E-state index is -0.177. The van der Waals surface area contributed by atoms with Crippen LogP contribution in [-0.4, -0.2) is 5.96 Å². The summed E-state index contributed by atoms with van der Waals surface area (Å²) in [4.78, 5) is 4.46. The highest BCUT2D eigenvalue weighted by Gasteiger charge is 2.32. The number of benzene rings is 2. The van der Waals surface area contributed by atoms with E-state index in [-0.39, 0.29) is 12.1 Å². The molecule has 0 aliphatic carbocycles. The lowest BCUT2D eigenvalue weighted by Gasteiger charge is -2.21. The molecule has 0 saturated heterocycles. The Labute approximate surface area is 127 Å². The third-order valence-corrected chi connectivity index (χ3v) is 4.05. The van der Waals surface area contributed by atoms with E-state index in [0.717, 1.165) is 11.1 Å². The van der Waals surface area contributed by atoms with Gasteiger partial charge in [-0.15, -0.1) is 0 Å². The second-order valence-electron chi connectivity index (χ2n) is 4.62. The van der Waals surface area contributed by atoms with Gasteiger partial charge in [0.15, 0.2) is 5.96 Å². The Bertz CT molecular complexity index is 670. The Morgan fingerprint density at radius 3 is 2.05 bits per heavy atom. The normalized spacial score (nSPS) is 21.4. The van der Waals surface area contributed by atoms with Crippen LogP contribution in [0.4, 0.5) is 0 Å². The molecule has 20 heavy (non-hydrogen) atoms. The lowest BCUT2D eigenvalue weighted by molar-refractivity contribution is 0.572. The molecular weight excluding hydrogens is 293 g/mol. The van der Waals surface area contributed by atoms with Crippen LogP contribution in [0.1, 0.15) is 23.2 Å². The van der Waals surface area contributed by atoms with Gasteiger partial charge in [0, 0.05) is 10.0 Å². The fourth-order valence-corrected chi connectivity index (χ4v) is 2.94. The summed E-state index contributed by atoms with van der Waals surface area (Å²) in [5, 5.41) is 4.53. The zero-order chi connectivity index (χ0) is 14.1. The van der Waals surface area contributed by atoms with Crippen LogP contribution in [0.25, 0.3) is 0 Å². The molecular formula is C15H13Cl2N3. The van der Waals surface area contributed by atoms with Crippen molar-refractivity contribution in [2.45, 2.75) is 12.1 Å². The highest BCUT2D eigenvalue weighted by molar-refractivity contribution is 6.32. The molecule has 1 aliphatic heterocycles. The number of guanidine groups is 1. The molecule has 102 valence electrons. The van der Waals surface area contributed by atoms with Crippen molar-refractivity contribution in [3.63, 3.8) is 0 Å². The van der Waals surface area contributed by atoms with Gasteiger partial charge in [-0.05, 0) is 23.3 Å². The van der Waals surface area contributed by atoms with Gasteiger partial charge in [-0.1, -0.05) is 59.6 Å². The highest BCUT2D eigenvalue weighted by atomic mass is 35.5. The SMILES string of the molecule is NC1=N[C@H](c2ccccc2Cl)[C@@H](c2ccccc2Cl)N1. The molecule has 0 spiro atoms. The number of rotatable bonds is 2. The number of hydrogen-bond donors (Lipinski definition) is 2. The van der Waals surface area contributed by atoms with Gasteiger partial charge in [0.1, 0.15) is 6.04 Å². The van der Waals surface area contributed by atoms with E-state index in [9.17, 15) is 0 Å². The quantitative estimate of drug-likeness (QED) is 0.889. The van der Waals surface area contributed by atoms with Crippen molar-refractivity contribution >= 4 is 29.2 Å². The number of nitrogens with one attached hydrogen (secondary N) is 1. The van der Waals surface area contributed by atoms with E-state index in [1.807, 2.05) is 48.5 Å². The number of halogens is 2. The van der Waals surface area contributed by atoms with E-state index in [1.54, 1.807) is 0 Å². The van der Waals surface area contributed by atoms with Gasteiger partial charge in [-0.2, -0.15) is 0 Å². The summed E-state index contributed by atoms with van der Waals surface area (Å²) >= 11 is 12.6. The summed E-state index contributed by atoms with van der Waals surface area (Å²) in [7, 11) is 0. The molecule has 0 aromatic heterocycles. The maximum absolute atomic E-state index is 6.28. The monoisotopic (exact) mass is 305 g/mol. The van der Waals surface area contributed by atoms with Crippen LogP contribution in [0.3, 0.4) is 0 Å². The molecule has 2 aromatic carbocycles. The largest absolute Gasteiger partial charge is 0.370 e. The molecule has 1 heterocycles. The fourth-order valence-electron chi connectivity index (χ4n) is 2.44. The summed E-state index contributed by atoms with van der Waals surface area (Å²) in [5.41, 5.74) is 7.74. The fraction of sp³-hybridized carbons (Fsp3) is 0.133. The molecule has 0 radical (unpaired) electrons. The van der Waals surface area contributed by atoms with Gasteiger partial charge in [0.25, 0.3) is 0 Å². The average molecular weight is 306 g/mol. The van der Waals surface area contributed by atoms with E-state index in [4.69, 9.17) is 28.9 Å². The van der Waals surface area contributed by atoms with Crippen LogP contribution in [0.15, 0.2) is 53.5 Å². The maximum atomic E-state index is 6.28. The number of aliphatic imine (C=N–C) groups is 1. The lowest BCUT2D eigenvalue weighted by Crippen LogP contribution is -2.30. The van der Waals surface area contributed by atoms with Crippen LogP contribution >= 0.6 is 23.2 Å². The minimum absolute atomic E-state index is 0.108. The second kappa shape index (κ2) is 5.35. The predicted octanol–water partition coefficient (Wildman–Crippen LogP) is 3.69. The molecule has 5 heteroatoms. The Kier molecular flexibility index (Phi) is 3.55. The molecule has 0 unspecified atom stereocenters. The lowest BCUT2D eigenvalue weighted by atomic mass is 9.95. The van der Waals surface area contributed by atoms with Gasteiger partial charge in [0.2, 0.25) is 0 Å². The Morgan fingerprint density at radius 1 is 0.900 bits per heavy atom. The van der Waals surface area contributed by atoms with Crippen molar-refractivity contribution in [3.8, 4) is 0 Å². The van der Waals surface area contributed by atoms with Gasteiger partial charge < -0.3 is 11.1 Å². The van der Waals surface area contributed by atoms with E-state index in [1.165, 1.54) is 0 Å². The van der Waals surface area contributed by atoms with Crippen LogP contribution < -0.4 is 11.1 Å². The maximum Gasteiger partial charge on any atom is 0.189 e. The van der Waals surface area contributed by atoms with Crippen molar-refractivity contribution in [1.82, 2.24) is 5.32 Å². The number of nitrogens with two attached hydrogens (primary N) is 1. The van der Waals surface area contributed by atoms with Crippen LogP contribution in [0.2, 0.25) is 10.0 Å². The first-order valence-electron chi connectivity index (χ1n) is 6.25. The van der Waals surface area contributed by atoms with Gasteiger partial charge in [0.05, 0.1) is 6.04 Å². The van der Waals surface area contributed by atoms with Crippen molar-refractivity contribution in [1.29, 1.82) is 0 Å². The summed E-state index contributed by atoms with van der Waals surface area (Å²) in [6.45, 7) is 0. The second-order valence-corrected chi connectivity index (χ2v) is 5.44. The van der Waals surface area contributed by atoms with Gasteiger partial charge in [-0.3, -0.25) is 0 Å². The number of hydrogen-bond acceptors (Lipinski definition) is 3. The van der Waals surface area contributed by atoms with E-state index in [2.05, 4.69) is 10.3 Å². The Hall–Kier alpha value is -1.71. The van der Waals surface area contributed by atoms with Crippen molar-refractivity contribution in [2.75, 3.05) is 0 Å². The van der Waals surface area contributed by atoms with Crippen molar-refractivity contribution < 1.29 is 0 Å². The van der Waals surface area contributed by atoms with E-state index in [0.29, 0.717) is 16.0 Å². The summed E-state index contributed by atoms with van der Waals surface area (Å²) in [6, 6.07) is 15.0. The third-order valence-electron chi connectivity index (χ3n) is 3.36. The van der Waals surface area contributed by atoms with E-state index >= 15 is 0 Å². The molecule has 2 atom stereocenters. The zero-order valence-electron chi connectivity index (χ0n) is 10.6. The number of nitrogens with zero attached hydrogens (tertiary/aromatic N) is 1. The zero-order valence-corrected chi connectivity index (χ0v) is 12.1. The third kappa shape index (κ3) is 2.35. The first-order valence-corrected chi connectivity index (χ1v) is 7.01. The molecule has 0 bridgehead atoms. The molecule has 0 saturated carbocycles. The van der Waals surface area contributed by atoms with Crippen LogP contribution in [0, 0.1) is 0 Å². The molecule has 3 N–H and O–H groups in total. The van der Waals surface area contributed by atoms with Crippen LogP contribution in [0.5, 0.6) is 0 Å². The van der Waals surface area contributed by atoms with E-state index < -0.39 is 0 Å². The molecule has 1 aliphatic rings. The smallest absolute Gasteiger partial charge is 0.189 e. The Balaban J connectivity index is 2.05. The molecule has 3 nitrogen and oxygen atoms in total. The first-order chi connectivity index (χ1) is 9.66. The highest BCUT2D eigenvalue weighted by Crippen LogP contribution is 2.40. The minimum Gasteiger partial charge on any atom is -0.370 e.